The fourth-order valence-corrected chi connectivity index (χ4v) is 2.28. The van der Waals surface area contributed by atoms with Gasteiger partial charge in [-0.05, 0) is 53.2 Å². The van der Waals surface area contributed by atoms with Crippen molar-refractivity contribution in [3.63, 3.8) is 0 Å². The maximum absolute atomic E-state index is 12.1. The lowest BCUT2D eigenvalue weighted by molar-refractivity contribution is 0.102. The molecule has 0 spiro atoms. The Morgan fingerprint density at radius 1 is 1.29 bits per heavy atom. The van der Waals surface area contributed by atoms with E-state index in [0.717, 1.165) is 4.47 Å². The van der Waals surface area contributed by atoms with Gasteiger partial charge in [0.2, 0.25) is 0 Å². The number of carbonyl (C=O) groups is 1. The Hall–Kier alpha value is -2.74. The van der Waals surface area contributed by atoms with Gasteiger partial charge in [-0.2, -0.15) is 4.98 Å². The van der Waals surface area contributed by atoms with E-state index in [9.17, 15) is 4.79 Å². The average molecular weight is 389 g/mol. The number of rotatable bonds is 5. The van der Waals surface area contributed by atoms with Crippen LogP contribution in [0.3, 0.4) is 0 Å². The van der Waals surface area contributed by atoms with Crippen molar-refractivity contribution in [2.75, 3.05) is 5.32 Å². The number of aryl methyl sites for hydroxylation is 1. The molecule has 0 saturated carbocycles. The highest BCUT2D eigenvalue weighted by Gasteiger charge is 2.08. The molecule has 2 heterocycles. The van der Waals surface area contributed by atoms with Crippen LogP contribution in [0.4, 0.5) is 5.69 Å². The highest BCUT2D eigenvalue weighted by Crippen LogP contribution is 2.18. The molecule has 0 atom stereocenters. The van der Waals surface area contributed by atoms with Crippen molar-refractivity contribution < 1.29 is 14.1 Å². The number of hydrogen-bond donors (Lipinski definition) is 1. The smallest absolute Gasteiger partial charge is 0.264 e. The van der Waals surface area contributed by atoms with Crippen LogP contribution < -0.4 is 10.1 Å². The van der Waals surface area contributed by atoms with Gasteiger partial charge in [0.1, 0.15) is 5.75 Å². The van der Waals surface area contributed by atoms with Crippen molar-refractivity contribution in [2.24, 2.45) is 0 Å². The monoisotopic (exact) mass is 388 g/mol. The molecule has 0 bridgehead atoms. The molecule has 0 aliphatic rings. The third-order valence-corrected chi connectivity index (χ3v) is 3.44. The molecule has 0 aliphatic heterocycles. The second-order valence-electron chi connectivity index (χ2n) is 4.89. The Labute approximate surface area is 146 Å². The SMILES string of the molecule is Cc1noc(COc2ccc(NC(=O)c3cncc(Br)c3)cc2)n1. The molecule has 0 fully saturated rings. The van der Waals surface area contributed by atoms with Gasteiger partial charge in [-0.3, -0.25) is 9.78 Å². The zero-order valence-corrected chi connectivity index (χ0v) is 14.3. The van der Waals surface area contributed by atoms with E-state index in [2.05, 4.69) is 36.4 Å². The number of amides is 1. The maximum atomic E-state index is 12.1. The molecule has 7 nitrogen and oxygen atoms in total. The van der Waals surface area contributed by atoms with Crippen LogP contribution in [-0.4, -0.2) is 21.0 Å². The number of nitrogens with one attached hydrogen (secondary N) is 1. The molecular formula is C16H13BrN4O3. The fraction of sp³-hybridized carbons (Fsp3) is 0.125. The number of carbonyl (C=O) groups excluding carboxylic acids is 1. The van der Waals surface area contributed by atoms with Gasteiger partial charge in [0.25, 0.3) is 11.8 Å². The third-order valence-electron chi connectivity index (χ3n) is 3.01. The largest absolute Gasteiger partial charge is 0.484 e. The van der Waals surface area contributed by atoms with E-state index in [4.69, 9.17) is 9.26 Å². The minimum absolute atomic E-state index is 0.191. The van der Waals surface area contributed by atoms with Crippen molar-refractivity contribution >= 4 is 27.5 Å². The molecule has 8 heteroatoms. The van der Waals surface area contributed by atoms with E-state index < -0.39 is 0 Å². The van der Waals surface area contributed by atoms with Gasteiger partial charge < -0.3 is 14.6 Å². The summed E-state index contributed by atoms with van der Waals surface area (Å²) in [7, 11) is 0. The van der Waals surface area contributed by atoms with E-state index in [1.807, 2.05) is 0 Å². The van der Waals surface area contributed by atoms with Crippen LogP contribution in [0, 0.1) is 6.92 Å². The van der Waals surface area contributed by atoms with Gasteiger partial charge in [0.15, 0.2) is 12.4 Å². The molecule has 122 valence electrons. The van der Waals surface area contributed by atoms with Crippen LogP contribution in [0.15, 0.2) is 51.7 Å². The second kappa shape index (κ2) is 7.22. The van der Waals surface area contributed by atoms with Crippen LogP contribution in [0.5, 0.6) is 5.75 Å². The molecule has 24 heavy (non-hydrogen) atoms. The van der Waals surface area contributed by atoms with Crippen LogP contribution in [0.2, 0.25) is 0 Å². The van der Waals surface area contributed by atoms with Crippen molar-refractivity contribution in [2.45, 2.75) is 13.5 Å². The second-order valence-corrected chi connectivity index (χ2v) is 5.81. The predicted molar refractivity (Wildman–Crippen MR) is 89.7 cm³/mol. The Kier molecular flexibility index (Phi) is 4.85. The predicted octanol–water partition coefficient (Wildman–Crippen LogP) is 3.37. The Balaban J connectivity index is 1.59. The minimum atomic E-state index is -0.237. The lowest BCUT2D eigenvalue weighted by Gasteiger charge is -2.07. The summed E-state index contributed by atoms with van der Waals surface area (Å²) in [6, 6.07) is 8.69. The quantitative estimate of drug-likeness (QED) is 0.720. The summed E-state index contributed by atoms with van der Waals surface area (Å²) in [5.41, 5.74) is 1.12. The van der Waals surface area contributed by atoms with Crippen molar-refractivity contribution in [1.29, 1.82) is 0 Å². The van der Waals surface area contributed by atoms with Gasteiger partial charge in [-0.25, -0.2) is 0 Å². The number of nitrogens with zero attached hydrogens (tertiary/aromatic N) is 3. The molecule has 3 aromatic rings. The van der Waals surface area contributed by atoms with E-state index in [1.165, 1.54) is 6.20 Å². The number of hydrogen-bond acceptors (Lipinski definition) is 6. The van der Waals surface area contributed by atoms with Gasteiger partial charge in [-0.1, -0.05) is 5.16 Å². The number of halogens is 1. The van der Waals surface area contributed by atoms with Gasteiger partial charge >= 0.3 is 0 Å². The zero-order valence-electron chi connectivity index (χ0n) is 12.7. The number of ether oxygens (including phenoxy) is 1. The first kappa shape index (κ1) is 16.1. The molecule has 1 N–H and O–H groups in total. The van der Waals surface area contributed by atoms with E-state index in [0.29, 0.717) is 28.7 Å². The van der Waals surface area contributed by atoms with Crippen LogP contribution in [0.1, 0.15) is 22.1 Å². The molecule has 0 aliphatic carbocycles. The summed E-state index contributed by atoms with van der Waals surface area (Å²) in [6.07, 6.45) is 3.12. The van der Waals surface area contributed by atoms with Crippen LogP contribution >= 0.6 is 15.9 Å². The molecular weight excluding hydrogens is 376 g/mol. The van der Waals surface area contributed by atoms with Crippen LogP contribution in [0.25, 0.3) is 0 Å². The normalized spacial score (nSPS) is 10.4. The summed E-state index contributed by atoms with van der Waals surface area (Å²) in [5, 5.41) is 6.48. The van der Waals surface area contributed by atoms with Crippen LogP contribution in [-0.2, 0) is 6.61 Å². The summed E-state index contributed by atoms with van der Waals surface area (Å²) < 4.78 is 11.3. The molecule has 0 unspecified atom stereocenters. The number of benzene rings is 1. The van der Waals surface area contributed by atoms with E-state index >= 15 is 0 Å². The highest BCUT2D eigenvalue weighted by molar-refractivity contribution is 9.10. The Morgan fingerprint density at radius 3 is 2.75 bits per heavy atom. The Bertz CT molecular complexity index is 849. The first-order chi connectivity index (χ1) is 11.6. The molecule has 3 rings (SSSR count). The highest BCUT2D eigenvalue weighted by atomic mass is 79.9. The van der Waals surface area contributed by atoms with E-state index in [-0.39, 0.29) is 12.5 Å². The summed E-state index contributed by atoms with van der Waals surface area (Å²) in [4.78, 5) is 20.2. The number of aromatic nitrogens is 3. The van der Waals surface area contributed by atoms with Gasteiger partial charge in [0.05, 0.1) is 5.56 Å². The summed E-state index contributed by atoms with van der Waals surface area (Å²) >= 11 is 3.29. The number of anilines is 1. The third kappa shape index (κ3) is 4.17. The molecule has 2 aromatic heterocycles. The van der Waals surface area contributed by atoms with Crippen molar-refractivity contribution in [3.8, 4) is 5.75 Å². The zero-order chi connectivity index (χ0) is 16.9. The molecule has 0 saturated heterocycles. The fourth-order valence-electron chi connectivity index (χ4n) is 1.92. The maximum Gasteiger partial charge on any atom is 0.264 e. The first-order valence-corrected chi connectivity index (χ1v) is 7.83. The summed E-state index contributed by atoms with van der Waals surface area (Å²) in [5.74, 6) is 1.37. The Morgan fingerprint density at radius 2 is 2.08 bits per heavy atom. The van der Waals surface area contributed by atoms with Crippen molar-refractivity contribution in [3.05, 3.63) is 64.5 Å². The average Bonchev–Trinajstić information content (AvgIpc) is 3.00. The molecule has 0 radical (unpaired) electrons. The van der Waals surface area contributed by atoms with E-state index in [1.54, 1.807) is 43.5 Å². The standard InChI is InChI=1S/C16H13BrN4O3/c1-10-19-15(24-21-10)9-23-14-4-2-13(3-5-14)20-16(22)11-6-12(17)8-18-7-11/h2-8H,9H2,1H3,(H,20,22). The lowest BCUT2D eigenvalue weighted by Crippen LogP contribution is -2.12. The molecule has 1 amide bonds. The number of pyridine rings is 1. The summed E-state index contributed by atoms with van der Waals surface area (Å²) in [6.45, 7) is 1.93. The minimum Gasteiger partial charge on any atom is -0.484 e. The molecule has 1 aromatic carbocycles. The first-order valence-electron chi connectivity index (χ1n) is 7.04. The lowest BCUT2D eigenvalue weighted by atomic mass is 10.2. The van der Waals surface area contributed by atoms with Gasteiger partial charge in [-0.15, -0.1) is 0 Å². The van der Waals surface area contributed by atoms with Gasteiger partial charge in [0, 0.05) is 22.6 Å². The van der Waals surface area contributed by atoms with Crippen molar-refractivity contribution in [1.82, 2.24) is 15.1 Å². The topological polar surface area (TPSA) is 90.1 Å².